The van der Waals surface area contributed by atoms with Crippen LogP contribution in [-0.4, -0.2) is 19.4 Å². The minimum Gasteiger partial charge on any atom is -0.290 e. The molecular formula is C31H18N4. The van der Waals surface area contributed by atoms with Gasteiger partial charge in [0.2, 0.25) is 0 Å². The van der Waals surface area contributed by atoms with Crippen molar-refractivity contribution in [1.29, 1.82) is 0 Å². The monoisotopic (exact) mass is 446 g/mol. The normalized spacial score (nSPS) is 13.5. The van der Waals surface area contributed by atoms with Gasteiger partial charge in [0.25, 0.3) is 0 Å². The molecule has 7 aromatic rings. The molecule has 0 unspecified atom stereocenters. The fraction of sp³-hybridized carbons (Fsp3) is 0.0645. The highest BCUT2D eigenvalue weighted by Crippen LogP contribution is 2.48. The lowest BCUT2D eigenvalue weighted by Crippen LogP contribution is -1.95. The molecule has 0 aliphatic heterocycles. The first-order valence-electron chi connectivity index (χ1n) is 12.0. The van der Waals surface area contributed by atoms with E-state index in [0.29, 0.717) is 0 Å². The molecule has 0 saturated carbocycles. The number of benzene rings is 3. The van der Waals surface area contributed by atoms with Gasteiger partial charge in [-0.3, -0.25) is 14.4 Å². The molecule has 9 rings (SSSR count). The van der Waals surface area contributed by atoms with Crippen molar-refractivity contribution in [2.45, 2.75) is 12.8 Å². The second-order valence-electron chi connectivity index (χ2n) is 9.71. The number of imidazole rings is 1. The van der Waals surface area contributed by atoms with Gasteiger partial charge in [0.1, 0.15) is 11.2 Å². The van der Waals surface area contributed by atoms with Crippen LogP contribution in [0, 0.1) is 0 Å². The van der Waals surface area contributed by atoms with E-state index in [2.05, 4.69) is 64.0 Å². The summed E-state index contributed by atoms with van der Waals surface area (Å²) in [7, 11) is 0. The van der Waals surface area contributed by atoms with E-state index in [1.54, 1.807) is 0 Å². The van der Waals surface area contributed by atoms with E-state index in [9.17, 15) is 0 Å². The first kappa shape index (κ1) is 17.8. The van der Waals surface area contributed by atoms with Crippen molar-refractivity contribution in [3.8, 4) is 22.3 Å². The van der Waals surface area contributed by atoms with Crippen LogP contribution in [0.25, 0.3) is 60.7 Å². The van der Waals surface area contributed by atoms with E-state index in [4.69, 9.17) is 9.97 Å². The summed E-state index contributed by atoms with van der Waals surface area (Å²) < 4.78 is 2.24. The van der Waals surface area contributed by atoms with Gasteiger partial charge in [0.15, 0.2) is 0 Å². The third-order valence-electron chi connectivity index (χ3n) is 7.92. The lowest BCUT2D eigenvalue weighted by atomic mass is 9.94. The molecule has 2 aliphatic carbocycles. The van der Waals surface area contributed by atoms with E-state index in [0.717, 1.165) is 45.9 Å². The number of fused-ring (bicyclic) bond motifs is 15. The standard InChI is InChI=1S/C31H18N4/c1-2-5-21-17(4-1)12-19-14-20-13-18-7-8-22-29(28(18)24(20)15-23(19)21)30-27(6-3-10-33-30)35-26-9-11-32-16-25(26)34-31(22)35/h1-11,14-16H,12-13H2. The van der Waals surface area contributed by atoms with Crippen LogP contribution in [0.4, 0.5) is 0 Å². The molecule has 4 nitrogen and oxygen atoms in total. The average Bonchev–Trinajstić information content (AvgIpc) is 3.58. The SMILES string of the molecule is c1ccc2c(c1)Cc1cc3c(cc1-2)-c1c(ccc2c1c1ncccc1n1c4ccncc4nc21)C3. The number of pyridine rings is 3. The van der Waals surface area contributed by atoms with Crippen molar-refractivity contribution >= 4 is 38.5 Å². The number of aromatic nitrogens is 4. The van der Waals surface area contributed by atoms with E-state index >= 15 is 0 Å². The summed E-state index contributed by atoms with van der Waals surface area (Å²) in [6, 6.07) is 24.4. The molecule has 0 radical (unpaired) electrons. The minimum absolute atomic E-state index is 0.903. The minimum atomic E-state index is 0.903. The Hall–Kier alpha value is -4.57. The Bertz CT molecular complexity index is 2070. The molecule has 0 atom stereocenters. The fourth-order valence-corrected chi connectivity index (χ4v) is 6.48. The van der Waals surface area contributed by atoms with Gasteiger partial charge in [0, 0.05) is 23.2 Å². The van der Waals surface area contributed by atoms with Crippen LogP contribution in [-0.2, 0) is 12.8 Å². The fourth-order valence-electron chi connectivity index (χ4n) is 6.48. The van der Waals surface area contributed by atoms with Crippen LogP contribution in [0.15, 0.2) is 85.3 Å². The third kappa shape index (κ3) is 2.15. The average molecular weight is 447 g/mol. The molecule has 3 aromatic carbocycles. The molecule has 4 heteroatoms. The molecular weight excluding hydrogens is 428 g/mol. The maximum absolute atomic E-state index is 5.04. The second-order valence-corrected chi connectivity index (χ2v) is 9.71. The van der Waals surface area contributed by atoms with Crippen LogP contribution in [0.2, 0.25) is 0 Å². The summed E-state index contributed by atoms with van der Waals surface area (Å²) in [5, 5.41) is 2.35. The molecule has 0 N–H and O–H groups in total. The highest BCUT2D eigenvalue weighted by molar-refractivity contribution is 6.19. The van der Waals surface area contributed by atoms with Crippen LogP contribution in [0.3, 0.4) is 0 Å². The number of rotatable bonds is 0. The maximum atomic E-state index is 5.04. The zero-order chi connectivity index (χ0) is 22.7. The van der Waals surface area contributed by atoms with Gasteiger partial charge in [-0.05, 0) is 81.6 Å². The van der Waals surface area contributed by atoms with Crippen molar-refractivity contribution in [3.63, 3.8) is 0 Å². The van der Waals surface area contributed by atoms with Gasteiger partial charge in [-0.2, -0.15) is 0 Å². The first-order chi connectivity index (χ1) is 17.3. The van der Waals surface area contributed by atoms with E-state index in [1.165, 1.54) is 49.9 Å². The molecule has 4 aromatic heterocycles. The summed E-state index contributed by atoms with van der Waals surface area (Å²) in [6.07, 6.45) is 7.57. The van der Waals surface area contributed by atoms with Crippen LogP contribution < -0.4 is 0 Å². The van der Waals surface area contributed by atoms with Crippen molar-refractivity contribution < 1.29 is 0 Å². The van der Waals surface area contributed by atoms with Crippen molar-refractivity contribution in [2.75, 3.05) is 0 Å². The van der Waals surface area contributed by atoms with E-state index in [1.807, 2.05) is 30.7 Å². The van der Waals surface area contributed by atoms with E-state index < -0.39 is 0 Å². The molecule has 162 valence electrons. The predicted octanol–water partition coefficient (Wildman–Crippen LogP) is 6.73. The van der Waals surface area contributed by atoms with Gasteiger partial charge in [-0.1, -0.05) is 42.5 Å². The molecule has 0 fully saturated rings. The molecule has 0 spiro atoms. The van der Waals surface area contributed by atoms with Gasteiger partial charge >= 0.3 is 0 Å². The van der Waals surface area contributed by atoms with Gasteiger partial charge < -0.3 is 0 Å². The van der Waals surface area contributed by atoms with Crippen molar-refractivity contribution in [2.24, 2.45) is 0 Å². The summed E-state index contributed by atoms with van der Waals surface area (Å²) >= 11 is 0. The first-order valence-corrected chi connectivity index (χ1v) is 12.0. The Balaban J connectivity index is 1.46. The molecule has 4 heterocycles. The maximum Gasteiger partial charge on any atom is 0.146 e. The lowest BCUT2D eigenvalue weighted by Gasteiger charge is -2.13. The molecule has 0 saturated heterocycles. The topological polar surface area (TPSA) is 43.1 Å². The Kier molecular flexibility index (Phi) is 3.11. The van der Waals surface area contributed by atoms with Gasteiger partial charge in [0.05, 0.1) is 22.7 Å². The molecule has 2 aliphatic rings. The molecule has 0 amide bonds. The Morgan fingerprint density at radius 1 is 0.686 bits per heavy atom. The smallest absolute Gasteiger partial charge is 0.146 e. The highest BCUT2D eigenvalue weighted by atomic mass is 15.0. The summed E-state index contributed by atoms with van der Waals surface area (Å²) in [5.41, 5.74) is 16.1. The molecule has 35 heavy (non-hydrogen) atoms. The summed E-state index contributed by atoms with van der Waals surface area (Å²) in [6.45, 7) is 0. The zero-order valence-electron chi connectivity index (χ0n) is 18.8. The zero-order valence-corrected chi connectivity index (χ0v) is 18.8. The van der Waals surface area contributed by atoms with E-state index in [-0.39, 0.29) is 0 Å². The number of hydrogen-bond acceptors (Lipinski definition) is 3. The Labute approximate surface area is 200 Å². The molecule has 0 bridgehead atoms. The Morgan fingerprint density at radius 2 is 1.60 bits per heavy atom. The van der Waals surface area contributed by atoms with Gasteiger partial charge in [-0.25, -0.2) is 4.98 Å². The lowest BCUT2D eigenvalue weighted by molar-refractivity contribution is 1.21. The quantitative estimate of drug-likeness (QED) is 0.243. The predicted molar refractivity (Wildman–Crippen MR) is 140 cm³/mol. The number of hydrogen-bond donors (Lipinski definition) is 0. The van der Waals surface area contributed by atoms with Crippen molar-refractivity contribution in [1.82, 2.24) is 19.4 Å². The number of nitrogens with zero attached hydrogens (tertiary/aromatic N) is 4. The summed E-state index contributed by atoms with van der Waals surface area (Å²) in [4.78, 5) is 14.3. The third-order valence-corrected chi connectivity index (χ3v) is 7.92. The largest absolute Gasteiger partial charge is 0.290 e. The van der Waals surface area contributed by atoms with Crippen LogP contribution in [0.1, 0.15) is 22.3 Å². The van der Waals surface area contributed by atoms with Crippen LogP contribution >= 0.6 is 0 Å². The second kappa shape index (κ2) is 6.10. The van der Waals surface area contributed by atoms with Crippen molar-refractivity contribution in [3.05, 3.63) is 108 Å². The van der Waals surface area contributed by atoms with Crippen LogP contribution in [0.5, 0.6) is 0 Å². The summed E-state index contributed by atoms with van der Waals surface area (Å²) in [5.74, 6) is 0. The van der Waals surface area contributed by atoms with Gasteiger partial charge in [-0.15, -0.1) is 0 Å². The highest BCUT2D eigenvalue weighted by Gasteiger charge is 2.28. The Morgan fingerprint density at radius 3 is 2.60 bits per heavy atom.